The number of aromatic amines is 1. The lowest BCUT2D eigenvalue weighted by Crippen LogP contribution is -2.32. The van der Waals surface area contributed by atoms with Crippen LogP contribution in [0.4, 0.5) is 0 Å². The smallest absolute Gasteiger partial charge is 0.330 e. The SMILES string of the molecule is COc1cccc(-c2nc3c(c(=O)[nH]c(=O)n3Cc3ccccc3)n2CC2CCCO2)c1. The zero-order chi connectivity index (χ0) is 22.1. The van der Waals surface area contributed by atoms with Crippen LogP contribution in [0.2, 0.25) is 0 Å². The van der Waals surface area contributed by atoms with Crippen molar-refractivity contribution in [1.29, 1.82) is 0 Å². The number of H-pyrrole nitrogens is 1. The molecule has 8 heteroatoms. The molecule has 0 amide bonds. The number of benzene rings is 2. The van der Waals surface area contributed by atoms with Crippen molar-refractivity contribution in [3.05, 3.63) is 81.0 Å². The van der Waals surface area contributed by atoms with E-state index in [1.165, 1.54) is 4.57 Å². The molecule has 1 fully saturated rings. The van der Waals surface area contributed by atoms with Gasteiger partial charge in [-0.3, -0.25) is 14.3 Å². The molecule has 0 radical (unpaired) electrons. The second kappa shape index (κ2) is 8.47. The predicted molar refractivity (Wildman–Crippen MR) is 121 cm³/mol. The normalized spacial score (nSPS) is 16.0. The molecule has 0 bridgehead atoms. The van der Waals surface area contributed by atoms with Crippen LogP contribution in [0.3, 0.4) is 0 Å². The molecule has 0 aliphatic carbocycles. The number of nitrogens with one attached hydrogen (secondary N) is 1. The molecule has 3 heterocycles. The fourth-order valence-electron chi connectivity index (χ4n) is 4.24. The molecule has 8 nitrogen and oxygen atoms in total. The van der Waals surface area contributed by atoms with Gasteiger partial charge in [-0.15, -0.1) is 0 Å². The number of rotatable bonds is 6. The Bertz CT molecular complexity index is 1360. The van der Waals surface area contributed by atoms with E-state index in [0.29, 0.717) is 42.4 Å². The van der Waals surface area contributed by atoms with E-state index in [4.69, 9.17) is 14.5 Å². The van der Waals surface area contributed by atoms with E-state index in [0.717, 1.165) is 24.0 Å². The highest BCUT2D eigenvalue weighted by molar-refractivity contribution is 5.77. The van der Waals surface area contributed by atoms with Gasteiger partial charge in [0.25, 0.3) is 5.56 Å². The molecule has 2 aromatic carbocycles. The van der Waals surface area contributed by atoms with Crippen molar-refractivity contribution in [2.75, 3.05) is 13.7 Å². The summed E-state index contributed by atoms with van der Waals surface area (Å²) < 4.78 is 14.6. The first-order valence-electron chi connectivity index (χ1n) is 10.7. The number of methoxy groups -OCH3 is 1. The summed E-state index contributed by atoms with van der Waals surface area (Å²) in [6.45, 7) is 1.50. The molecule has 32 heavy (non-hydrogen) atoms. The number of hydrogen-bond donors (Lipinski definition) is 1. The molecule has 1 unspecified atom stereocenters. The monoisotopic (exact) mass is 432 g/mol. The van der Waals surface area contributed by atoms with E-state index >= 15 is 0 Å². The van der Waals surface area contributed by atoms with Crippen LogP contribution in [0.5, 0.6) is 5.75 Å². The molecule has 1 aliphatic rings. The second-order valence-electron chi connectivity index (χ2n) is 7.92. The minimum atomic E-state index is -0.481. The quantitative estimate of drug-likeness (QED) is 0.506. The topological polar surface area (TPSA) is 91.1 Å². The molecular weight excluding hydrogens is 408 g/mol. The van der Waals surface area contributed by atoms with Gasteiger partial charge in [-0.05, 0) is 30.5 Å². The summed E-state index contributed by atoms with van der Waals surface area (Å²) in [5.74, 6) is 1.29. The van der Waals surface area contributed by atoms with Gasteiger partial charge in [-0.2, -0.15) is 0 Å². The molecule has 1 N–H and O–H groups in total. The third-order valence-electron chi connectivity index (χ3n) is 5.81. The van der Waals surface area contributed by atoms with E-state index in [1.54, 1.807) is 7.11 Å². The van der Waals surface area contributed by atoms with E-state index < -0.39 is 11.2 Å². The first-order chi connectivity index (χ1) is 15.6. The van der Waals surface area contributed by atoms with E-state index in [1.807, 2.05) is 59.2 Å². The van der Waals surface area contributed by atoms with Crippen molar-refractivity contribution >= 4 is 11.2 Å². The lowest BCUT2D eigenvalue weighted by molar-refractivity contribution is 0.0982. The third-order valence-corrected chi connectivity index (χ3v) is 5.81. The first-order valence-corrected chi connectivity index (χ1v) is 10.7. The summed E-state index contributed by atoms with van der Waals surface area (Å²) in [5.41, 5.74) is 1.54. The van der Waals surface area contributed by atoms with Crippen molar-refractivity contribution in [2.24, 2.45) is 0 Å². The van der Waals surface area contributed by atoms with Crippen LogP contribution in [0, 0.1) is 0 Å². The van der Waals surface area contributed by atoms with Crippen molar-refractivity contribution in [3.8, 4) is 17.1 Å². The first kappa shape index (κ1) is 20.3. The van der Waals surface area contributed by atoms with Gasteiger partial charge < -0.3 is 14.0 Å². The summed E-state index contributed by atoms with van der Waals surface area (Å²) >= 11 is 0. The number of imidazole rings is 1. The number of nitrogens with zero attached hydrogens (tertiary/aromatic N) is 3. The zero-order valence-electron chi connectivity index (χ0n) is 17.8. The van der Waals surface area contributed by atoms with E-state index in [-0.39, 0.29) is 6.10 Å². The highest BCUT2D eigenvalue weighted by atomic mass is 16.5. The highest BCUT2D eigenvalue weighted by Gasteiger charge is 2.24. The fraction of sp³-hybridized carbons (Fsp3) is 0.292. The van der Waals surface area contributed by atoms with Gasteiger partial charge in [0.05, 0.1) is 26.3 Å². The van der Waals surface area contributed by atoms with Crippen molar-refractivity contribution in [1.82, 2.24) is 19.1 Å². The molecule has 1 aliphatic heterocycles. The Balaban J connectivity index is 1.74. The van der Waals surface area contributed by atoms with Crippen molar-refractivity contribution in [3.63, 3.8) is 0 Å². The van der Waals surface area contributed by atoms with Crippen LogP contribution < -0.4 is 16.0 Å². The number of hydrogen-bond acceptors (Lipinski definition) is 5. The third kappa shape index (κ3) is 3.73. The highest BCUT2D eigenvalue weighted by Crippen LogP contribution is 2.28. The Morgan fingerprint density at radius 1 is 1.12 bits per heavy atom. The number of ether oxygens (including phenoxy) is 2. The summed E-state index contributed by atoms with van der Waals surface area (Å²) in [6, 6.07) is 17.2. The standard InChI is InChI=1S/C24H24N4O4/c1-31-18-10-5-9-17(13-18)21-25-22-20(27(21)15-19-11-6-12-32-19)23(29)26-24(30)28(22)14-16-7-3-2-4-8-16/h2-5,7-10,13,19H,6,11-12,14-15H2,1H3,(H,26,29,30). The van der Waals surface area contributed by atoms with Gasteiger partial charge in [0.2, 0.25) is 0 Å². The van der Waals surface area contributed by atoms with Gasteiger partial charge in [-0.25, -0.2) is 9.78 Å². The summed E-state index contributed by atoms with van der Waals surface area (Å²) in [6.07, 6.45) is 1.89. The summed E-state index contributed by atoms with van der Waals surface area (Å²) in [7, 11) is 1.61. The van der Waals surface area contributed by atoms with Crippen LogP contribution in [-0.4, -0.2) is 38.9 Å². The number of aromatic nitrogens is 4. The van der Waals surface area contributed by atoms with Gasteiger partial charge in [0.15, 0.2) is 11.2 Å². The lowest BCUT2D eigenvalue weighted by Gasteiger charge is -2.14. The fourth-order valence-corrected chi connectivity index (χ4v) is 4.24. The maximum absolute atomic E-state index is 13.0. The average Bonchev–Trinajstić information content (AvgIpc) is 3.46. The van der Waals surface area contributed by atoms with E-state index in [2.05, 4.69) is 4.98 Å². The van der Waals surface area contributed by atoms with Crippen LogP contribution in [0.25, 0.3) is 22.6 Å². The van der Waals surface area contributed by atoms with Crippen LogP contribution in [0.15, 0.2) is 64.2 Å². The molecule has 5 rings (SSSR count). The summed E-state index contributed by atoms with van der Waals surface area (Å²) in [4.78, 5) is 33.0. The van der Waals surface area contributed by atoms with Crippen LogP contribution in [0.1, 0.15) is 18.4 Å². The van der Waals surface area contributed by atoms with Gasteiger partial charge in [0, 0.05) is 12.2 Å². The predicted octanol–water partition coefficient (Wildman–Crippen LogP) is 2.79. The molecule has 0 saturated carbocycles. The Morgan fingerprint density at radius 3 is 2.72 bits per heavy atom. The molecule has 0 spiro atoms. The largest absolute Gasteiger partial charge is 0.497 e. The van der Waals surface area contributed by atoms with Gasteiger partial charge in [0.1, 0.15) is 11.6 Å². The van der Waals surface area contributed by atoms with Gasteiger partial charge in [-0.1, -0.05) is 42.5 Å². The molecule has 2 aromatic heterocycles. The Hall–Kier alpha value is -3.65. The van der Waals surface area contributed by atoms with Crippen LogP contribution >= 0.6 is 0 Å². The zero-order valence-corrected chi connectivity index (χ0v) is 17.8. The maximum Gasteiger partial charge on any atom is 0.330 e. The molecule has 1 atom stereocenters. The minimum absolute atomic E-state index is 0.00865. The number of fused-ring (bicyclic) bond motifs is 1. The van der Waals surface area contributed by atoms with Crippen LogP contribution in [-0.2, 0) is 17.8 Å². The van der Waals surface area contributed by atoms with E-state index in [9.17, 15) is 9.59 Å². The van der Waals surface area contributed by atoms with Gasteiger partial charge >= 0.3 is 5.69 Å². The molecular formula is C24H24N4O4. The lowest BCUT2D eigenvalue weighted by atomic mass is 10.2. The maximum atomic E-state index is 13.0. The van der Waals surface area contributed by atoms with Crippen molar-refractivity contribution < 1.29 is 9.47 Å². The molecule has 4 aromatic rings. The second-order valence-corrected chi connectivity index (χ2v) is 7.92. The minimum Gasteiger partial charge on any atom is -0.497 e. The van der Waals surface area contributed by atoms with Crippen molar-refractivity contribution in [2.45, 2.75) is 32.0 Å². The molecule has 164 valence electrons. The Labute approximate surface area is 184 Å². The summed E-state index contributed by atoms with van der Waals surface area (Å²) in [5, 5.41) is 0. The Kier molecular flexibility index (Phi) is 5.36. The molecule has 1 saturated heterocycles. The Morgan fingerprint density at radius 2 is 1.97 bits per heavy atom. The average molecular weight is 432 g/mol.